The second-order valence-corrected chi connectivity index (χ2v) is 10.7. The van der Waals surface area contributed by atoms with E-state index in [1.807, 2.05) is 17.0 Å². The van der Waals surface area contributed by atoms with Gasteiger partial charge in [0.05, 0.1) is 6.04 Å². The summed E-state index contributed by atoms with van der Waals surface area (Å²) in [6.45, 7) is 3.73. The molecule has 6 heteroatoms. The van der Waals surface area contributed by atoms with Gasteiger partial charge >= 0.3 is 0 Å². The van der Waals surface area contributed by atoms with Crippen molar-refractivity contribution in [1.29, 1.82) is 0 Å². The third-order valence-electron chi connectivity index (χ3n) is 8.19. The molecule has 2 aliphatic heterocycles. The van der Waals surface area contributed by atoms with Crippen LogP contribution in [0.25, 0.3) is 10.9 Å². The molecule has 4 nitrogen and oxygen atoms in total. The highest BCUT2D eigenvalue weighted by molar-refractivity contribution is 6.31. The van der Waals surface area contributed by atoms with E-state index in [0.717, 1.165) is 55.9 Å². The van der Waals surface area contributed by atoms with Gasteiger partial charge in [-0.15, -0.1) is 0 Å². The number of benzene rings is 3. The molecule has 2 aliphatic rings. The Morgan fingerprint density at radius 3 is 2.57 bits per heavy atom. The highest BCUT2D eigenvalue weighted by Crippen LogP contribution is 2.36. The summed E-state index contributed by atoms with van der Waals surface area (Å²) in [4.78, 5) is 21.4. The van der Waals surface area contributed by atoms with Crippen LogP contribution in [0.15, 0.2) is 72.9 Å². The fourth-order valence-corrected chi connectivity index (χ4v) is 6.37. The molecule has 1 aromatic heterocycles. The number of amides is 1. The standard InChI is InChI=1S/C31H31ClFN3O/c32-24-7-10-27-28(20-34-29(27)19-24)22-11-15-35(16-12-22)17-14-30-26-4-2-1-3-21(26)13-18-36(30)31(37)23-5-8-25(33)9-6-23/h1-10,19-20,22,30,34H,11-18H2. The Balaban J connectivity index is 1.14. The normalized spacial score (nSPS) is 18.8. The maximum Gasteiger partial charge on any atom is 0.254 e. The molecule has 1 amide bonds. The minimum atomic E-state index is -0.322. The number of aromatic amines is 1. The fraction of sp³-hybridized carbons (Fsp3) is 0.323. The van der Waals surface area contributed by atoms with Crippen LogP contribution in [0, 0.1) is 5.82 Å². The summed E-state index contributed by atoms with van der Waals surface area (Å²) in [7, 11) is 0. The number of nitrogens with one attached hydrogen (secondary N) is 1. The lowest BCUT2D eigenvalue weighted by Crippen LogP contribution is -2.42. The molecule has 0 bridgehead atoms. The van der Waals surface area contributed by atoms with E-state index in [9.17, 15) is 9.18 Å². The van der Waals surface area contributed by atoms with Gasteiger partial charge in [0.25, 0.3) is 5.91 Å². The number of nitrogens with zero attached hydrogens (tertiary/aromatic N) is 2. The first-order chi connectivity index (χ1) is 18.1. The molecule has 1 fully saturated rings. The van der Waals surface area contributed by atoms with Gasteiger partial charge in [-0.05, 0) is 97.8 Å². The van der Waals surface area contributed by atoms with E-state index in [0.29, 0.717) is 18.0 Å². The van der Waals surface area contributed by atoms with Crippen LogP contribution in [0.3, 0.4) is 0 Å². The van der Waals surface area contributed by atoms with Crippen molar-refractivity contribution >= 4 is 28.4 Å². The summed E-state index contributed by atoms with van der Waals surface area (Å²) in [6.07, 6.45) is 6.13. The number of H-pyrrole nitrogens is 1. The summed E-state index contributed by atoms with van der Waals surface area (Å²) < 4.78 is 13.5. The molecule has 1 unspecified atom stereocenters. The topological polar surface area (TPSA) is 39.3 Å². The number of hydrogen-bond donors (Lipinski definition) is 1. The molecule has 3 heterocycles. The largest absolute Gasteiger partial charge is 0.361 e. The van der Waals surface area contributed by atoms with Crippen molar-refractivity contribution in [3.8, 4) is 0 Å². The summed E-state index contributed by atoms with van der Waals surface area (Å²) in [5.74, 6) is 0.202. The van der Waals surface area contributed by atoms with Crippen LogP contribution in [0.1, 0.15) is 58.3 Å². The SMILES string of the molecule is O=C(c1ccc(F)cc1)N1CCc2ccccc2C1CCN1CCC(c2c[nH]c3cc(Cl)ccc23)CC1. The first-order valence-electron chi connectivity index (χ1n) is 13.2. The van der Waals surface area contributed by atoms with Gasteiger partial charge in [0.1, 0.15) is 5.82 Å². The van der Waals surface area contributed by atoms with E-state index in [4.69, 9.17) is 11.6 Å². The maximum atomic E-state index is 13.5. The molecule has 4 aromatic rings. The molecule has 190 valence electrons. The Kier molecular flexibility index (Phi) is 6.74. The van der Waals surface area contributed by atoms with Crippen LogP contribution in [0.4, 0.5) is 4.39 Å². The number of aromatic nitrogens is 1. The summed E-state index contributed by atoms with van der Waals surface area (Å²) >= 11 is 6.17. The first-order valence-corrected chi connectivity index (χ1v) is 13.6. The van der Waals surface area contributed by atoms with Gasteiger partial charge in [-0.3, -0.25) is 4.79 Å². The number of rotatable bonds is 5. The highest BCUT2D eigenvalue weighted by atomic mass is 35.5. The maximum absolute atomic E-state index is 13.5. The summed E-state index contributed by atoms with van der Waals surface area (Å²) in [5, 5.41) is 2.03. The molecule has 0 spiro atoms. The van der Waals surface area contributed by atoms with Gasteiger partial charge in [0, 0.05) is 40.8 Å². The second-order valence-electron chi connectivity index (χ2n) is 10.3. The van der Waals surface area contributed by atoms with E-state index in [1.165, 1.54) is 34.2 Å². The predicted molar refractivity (Wildman–Crippen MR) is 147 cm³/mol. The molecule has 0 aliphatic carbocycles. The smallest absolute Gasteiger partial charge is 0.254 e. The van der Waals surface area contributed by atoms with E-state index in [-0.39, 0.29) is 17.8 Å². The van der Waals surface area contributed by atoms with Crippen molar-refractivity contribution in [1.82, 2.24) is 14.8 Å². The molecule has 0 saturated carbocycles. The molecule has 3 aromatic carbocycles. The van der Waals surface area contributed by atoms with Crippen molar-refractivity contribution in [2.24, 2.45) is 0 Å². The first kappa shape index (κ1) is 24.2. The zero-order valence-electron chi connectivity index (χ0n) is 20.8. The number of carbonyl (C=O) groups excluding carboxylic acids is 1. The lowest BCUT2D eigenvalue weighted by Gasteiger charge is -2.39. The van der Waals surface area contributed by atoms with Crippen molar-refractivity contribution in [2.45, 2.75) is 37.6 Å². The molecule has 1 saturated heterocycles. The van der Waals surface area contributed by atoms with Gasteiger partial charge in [0.2, 0.25) is 0 Å². The Morgan fingerprint density at radius 2 is 1.76 bits per heavy atom. The number of likely N-dealkylation sites (tertiary alicyclic amines) is 1. The number of piperidine rings is 1. The van der Waals surface area contributed by atoms with E-state index in [2.05, 4.69) is 46.4 Å². The molecule has 37 heavy (non-hydrogen) atoms. The zero-order valence-corrected chi connectivity index (χ0v) is 21.6. The Morgan fingerprint density at radius 1 is 0.973 bits per heavy atom. The van der Waals surface area contributed by atoms with E-state index < -0.39 is 0 Å². The lowest BCUT2D eigenvalue weighted by molar-refractivity contribution is 0.0630. The number of fused-ring (bicyclic) bond motifs is 2. The highest BCUT2D eigenvalue weighted by Gasteiger charge is 2.32. The van der Waals surface area contributed by atoms with Crippen LogP contribution in [0.2, 0.25) is 5.02 Å². The fourth-order valence-electron chi connectivity index (χ4n) is 6.20. The quantitative estimate of drug-likeness (QED) is 0.312. The van der Waals surface area contributed by atoms with Crippen LogP contribution in [0.5, 0.6) is 0 Å². The van der Waals surface area contributed by atoms with Gasteiger partial charge in [-0.1, -0.05) is 41.9 Å². The number of hydrogen-bond acceptors (Lipinski definition) is 2. The molecule has 0 radical (unpaired) electrons. The third-order valence-corrected chi connectivity index (χ3v) is 8.42. The van der Waals surface area contributed by atoms with Crippen LogP contribution in [-0.2, 0) is 6.42 Å². The molecule has 6 rings (SSSR count). The molecular formula is C31H31ClFN3O. The van der Waals surface area contributed by atoms with E-state index in [1.54, 1.807) is 12.1 Å². The van der Waals surface area contributed by atoms with Crippen LogP contribution >= 0.6 is 11.6 Å². The predicted octanol–water partition coefficient (Wildman–Crippen LogP) is 6.97. The van der Waals surface area contributed by atoms with Crippen molar-refractivity contribution in [3.05, 3.63) is 106 Å². The van der Waals surface area contributed by atoms with Gasteiger partial charge in [-0.2, -0.15) is 0 Å². The number of carbonyl (C=O) groups is 1. The lowest BCUT2D eigenvalue weighted by atomic mass is 9.88. The third kappa shape index (κ3) is 4.90. The molecule has 1 atom stereocenters. The molecule has 1 N–H and O–H groups in total. The Labute approximate surface area is 222 Å². The monoisotopic (exact) mass is 515 g/mol. The van der Waals surface area contributed by atoms with Crippen LogP contribution in [-0.4, -0.2) is 46.9 Å². The van der Waals surface area contributed by atoms with Crippen molar-refractivity contribution in [2.75, 3.05) is 26.2 Å². The minimum Gasteiger partial charge on any atom is -0.361 e. The average Bonchev–Trinajstić information content (AvgIpc) is 3.35. The van der Waals surface area contributed by atoms with Gasteiger partial charge in [-0.25, -0.2) is 4.39 Å². The average molecular weight is 516 g/mol. The summed E-state index contributed by atoms with van der Waals surface area (Å²) in [6, 6.07) is 20.5. The molecular weight excluding hydrogens is 485 g/mol. The minimum absolute atomic E-state index is 0.0161. The van der Waals surface area contributed by atoms with Crippen molar-refractivity contribution < 1.29 is 9.18 Å². The Hall–Kier alpha value is -3.15. The van der Waals surface area contributed by atoms with Gasteiger partial charge in [0.15, 0.2) is 0 Å². The Bertz CT molecular complexity index is 1410. The zero-order chi connectivity index (χ0) is 25.4. The second kappa shape index (κ2) is 10.3. The van der Waals surface area contributed by atoms with Crippen molar-refractivity contribution in [3.63, 3.8) is 0 Å². The van der Waals surface area contributed by atoms with E-state index >= 15 is 0 Å². The van der Waals surface area contributed by atoms with Crippen LogP contribution < -0.4 is 0 Å². The van der Waals surface area contributed by atoms with Gasteiger partial charge < -0.3 is 14.8 Å². The summed E-state index contributed by atoms with van der Waals surface area (Å²) in [5.41, 5.74) is 5.62. The number of halogens is 2.